The quantitative estimate of drug-likeness (QED) is 0.658. The van der Waals surface area contributed by atoms with Gasteiger partial charge in [-0.25, -0.2) is 0 Å². The van der Waals surface area contributed by atoms with E-state index in [9.17, 15) is 9.90 Å². The highest BCUT2D eigenvalue weighted by Crippen LogP contribution is 2.36. The van der Waals surface area contributed by atoms with E-state index in [-0.39, 0.29) is 5.97 Å². The van der Waals surface area contributed by atoms with E-state index in [0.29, 0.717) is 6.61 Å². The van der Waals surface area contributed by atoms with E-state index in [1.54, 1.807) is 6.92 Å². The van der Waals surface area contributed by atoms with Crippen molar-refractivity contribution >= 4 is 14.0 Å². The molecule has 0 unspecified atom stereocenters. The molecule has 0 radical (unpaired) electrons. The number of aliphatic hydroxyl groups is 1. The van der Waals surface area contributed by atoms with Crippen LogP contribution in [-0.4, -0.2) is 25.8 Å². The van der Waals surface area contributed by atoms with Gasteiger partial charge in [0.15, 0.2) is 0 Å². The zero-order chi connectivity index (χ0) is 13.8. The van der Waals surface area contributed by atoms with Gasteiger partial charge in [0.2, 0.25) is 0 Å². The molecule has 0 heterocycles. The second-order valence-electron chi connectivity index (χ2n) is 5.45. The monoisotopic (exact) mass is 266 g/mol. The molecule has 4 heteroatoms. The lowest BCUT2D eigenvalue weighted by Crippen LogP contribution is -2.38. The van der Waals surface area contributed by atoms with Crippen molar-refractivity contribution in [2.75, 3.05) is 6.61 Å². The molecule has 0 spiro atoms. The fourth-order valence-corrected chi connectivity index (χ4v) is 3.96. The molecule has 0 bridgehead atoms. The fraction of sp³-hybridized carbons (Fsp3) is 0.500. The summed E-state index contributed by atoms with van der Waals surface area (Å²) in [6.07, 6.45) is -0.781. The summed E-state index contributed by atoms with van der Waals surface area (Å²) < 4.78 is 5.11. The van der Waals surface area contributed by atoms with Crippen LogP contribution in [0, 0.1) is 0 Å². The highest BCUT2D eigenvalue weighted by atomic mass is 28.3. The largest absolute Gasteiger partial charge is 0.466 e. The van der Waals surface area contributed by atoms with Crippen molar-refractivity contribution in [3.05, 3.63) is 35.9 Å². The number of aliphatic hydroxyl groups excluding tert-OH is 1. The average molecular weight is 266 g/mol. The molecule has 0 aromatic heterocycles. The number of hydrogen-bond acceptors (Lipinski definition) is 3. The maximum Gasteiger partial charge on any atom is 0.309 e. The zero-order valence-electron chi connectivity index (χ0n) is 11.5. The number of rotatable bonds is 5. The third kappa shape index (κ3) is 3.68. The van der Waals surface area contributed by atoms with Gasteiger partial charge < -0.3 is 9.84 Å². The molecular formula is C14H22O3Si. The Balaban J connectivity index is 3.01. The fourth-order valence-electron chi connectivity index (χ4n) is 2.03. The molecule has 1 aromatic carbocycles. The van der Waals surface area contributed by atoms with Crippen LogP contribution in [0.4, 0.5) is 0 Å². The summed E-state index contributed by atoms with van der Waals surface area (Å²) in [5.74, 6) is -0.284. The highest BCUT2D eigenvalue weighted by molar-refractivity contribution is 6.80. The minimum atomic E-state index is -1.86. The molecule has 1 aromatic rings. The second-order valence-corrected chi connectivity index (χ2v) is 10.8. The molecule has 2 atom stereocenters. The number of carbonyl (C=O) groups excluding carboxylic acids is 1. The van der Waals surface area contributed by atoms with Crippen molar-refractivity contribution < 1.29 is 14.6 Å². The topological polar surface area (TPSA) is 46.5 Å². The lowest BCUT2D eigenvalue weighted by Gasteiger charge is -2.31. The molecule has 1 rings (SSSR count). The third-order valence-electron chi connectivity index (χ3n) is 2.93. The predicted molar refractivity (Wildman–Crippen MR) is 75.1 cm³/mol. The standard InChI is InChI=1S/C14H22O3Si/c1-5-17-14(16)13(18(2,3)4)12(15)11-9-7-6-8-10-11/h6-10,12-13,15H,5H2,1-4H3/t12-,13-/m1/s1. The first kappa shape index (κ1) is 14.9. The highest BCUT2D eigenvalue weighted by Gasteiger charge is 2.40. The van der Waals surface area contributed by atoms with Crippen molar-refractivity contribution in [3.8, 4) is 0 Å². The first-order chi connectivity index (χ1) is 8.38. The lowest BCUT2D eigenvalue weighted by molar-refractivity contribution is -0.145. The number of carbonyl (C=O) groups is 1. The third-order valence-corrected chi connectivity index (χ3v) is 5.35. The Morgan fingerprint density at radius 3 is 2.28 bits per heavy atom. The molecule has 0 aliphatic heterocycles. The van der Waals surface area contributed by atoms with Crippen LogP contribution in [0.5, 0.6) is 0 Å². The smallest absolute Gasteiger partial charge is 0.309 e. The first-order valence-electron chi connectivity index (χ1n) is 6.27. The molecule has 0 amide bonds. The Labute approximate surface area is 110 Å². The molecule has 18 heavy (non-hydrogen) atoms. The van der Waals surface area contributed by atoms with Gasteiger partial charge >= 0.3 is 5.97 Å². The van der Waals surface area contributed by atoms with Gasteiger partial charge in [-0.15, -0.1) is 0 Å². The van der Waals surface area contributed by atoms with Gasteiger partial charge in [-0.1, -0.05) is 50.0 Å². The molecule has 0 saturated heterocycles. The molecule has 0 aliphatic carbocycles. The minimum absolute atomic E-state index is 0.284. The van der Waals surface area contributed by atoms with E-state index < -0.39 is 19.7 Å². The lowest BCUT2D eigenvalue weighted by atomic mass is 10.1. The minimum Gasteiger partial charge on any atom is -0.466 e. The molecule has 0 fully saturated rings. The van der Waals surface area contributed by atoms with Gasteiger partial charge in [0, 0.05) is 0 Å². The second kappa shape index (κ2) is 6.16. The van der Waals surface area contributed by atoms with E-state index in [0.717, 1.165) is 5.56 Å². The summed E-state index contributed by atoms with van der Waals surface area (Å²) in [5.41, 5.74) is 0.345. The van der Waals surface area contributed by atoms with E-state index in [4.69, 9.17) is 4.74 Å². The maximum absolute atomic E-state index is 12.1. The van der Waals surface area contributed by atoms with Crippen molar-refractivity contribution in [1.29, 1.82) is 0 Å². The van der Waals surface area contributed by atoms with Gasteiger partial charge in [0.1, 0.15) is 0 Å². The van der Waals surface area contributed by atoms with Gasteiger partial charge in [-0.3, -0.25) is 4.79 Å². The van der Waals surface area contributed by atoms with Crippen molar-refractivity contribution in [2.24, 2.45) is 0 Å². The number of ether oxygens (including phenoxy) is 1. The van der Waals surface area contributed by atoms with Gasteiger partial charge in [0.05, 0.1) is 26.3 Å². The summed E-state index contributed by atoms with van der Waals surface area (Å²) in [5, 5.41) is 10.4. The van der Waals surface area contributed by atoms with Crippen LogP contribution in [0.2, 0.25) is 25.2 Å². The van der Waals surface area contributed by atoms with Crippen LogP contribution < -0.4 is 0 Å². The zero-order valence-corrected chi connectivity index (χ0v) is 12.5. The first-order valence-corrected chi connectivity index (χ1v) is 9.85. The van der Waals surface area contributed by atoms with Gasteiger partial charge in [-0.2, -0.15) is 0 Å². The molecular weight excluding hydrogens is 244 g/mol. The normalized spacial score (nSPS) is 14.9. The summed E-state index contributed by atoms with van der Waals surface area (Å²) in [6, 6.07) is 9.31. The SMILES string of the molecule is CCOC(=O)[C@@H]([C@H](O)c1ccccc1)[Si](C)(C)C. The summed E-state index contributed by atoms with van der Waals surface area (Å²) in [7, 11) is -1.86. The van der Waals surface area contributed by atoms with Crippen LogP contribution in [0.3, 0.4) is 0 Å². The van der Waals surface area contributed by atoms with Gasteiger partial charge in [0.25, 0.3) is 0 Å². The van der Waals surface area contributed by atoms with Gasteiger partial charge in [-0.05, 0) is 12.5 Å². The molecule has 0 saturated carbocycles. The number of esters is 1. The van der Waals surface area contributed by atoms with E-state index in [1.165, 1.54) is 0 Å². The Morgan fingerprint density at radius 2 is 1.83 bits per heavy atom. The van der Waals surface area contributed by atoms with E-state index >= 15 is 0 Å². The Hall–Kier alpha value is -1.13. The van der Waals surface area contributed by atoms with Crippen LogP contribution in [0.25, 0.3) is 0 Å². The molecule has 3 nitrogen and oxygen atoms in total. The van der Waals surface area contributed by atoms with E-state index in [2.05, 4.69) is 19.6 Å². The van der Waals surface area contributed by atoms with Crippen molar-refractivity contribution in [3.63, 3.8) is 0 Å². The Bertz CT molecular complexity index is 384. The van der Waals surface area contributed by atoms with Crippen LogP contribution in [0.1, 0.15) is 18.6 Å². The number of benzene rings is 1. The Morgan fingerprint density at radius 1 is 1.28 bits per heavy atom. The van der Waals surface area contributed by atoms with Crippen molar-refractivity contribution in [1.82, 2.24) is 0 Å². The molecule has 1 N–H and O–H groups in total. The maximum atomic E-state index is 12.1. The van der Waals surface area contributed by atoms with Crippen LogP contribution >= 0.6 is 0 Å². The molecule has 0 aliphatic rings. The van der Waals surface area contributed by atoms with Crippen LogP contribution in [0.15, 0.2) is 30.3 Å². The predicted octanol–water partition coefficient (Wildman–Crippen LogP) is 2.99. The van der Waals surface area contributed by atoms with Crippen LogP contribution in [-0.2, 0) is 9.53 Å². The van der Waals surface area contributed by atoms with Crippen molar-refractivity contribution in [2.45, 2.75) is 38.2 Å². The average Bonchev–Trinajstić information content (AvgIpc) is 2.28. The summed E-state index contributed by atoms with van der Waals surface area (Å²) in [4.78, 5) is 12.1. The number of hydrogen-bond donors (Lipinski definition) is 1. The van der Waals surface area contributed by atoms with E-state index in [1.807, 2.05) is 30.3 Å². The summed E-state index contributed by atoms with van der Waals surface area (Å²) >= 11 is 0. The Kier molecular flexibility index (Phi) is 5.11. The summed E-state index contributed by atoms with van der Waals surface area (Å²) in [6.45, 7) is 8.34. The molecule has 100 valence electrons.